The summed E-state index contributed by atoms with van der Waals surface area (Å²) in [6.45, 7) is 2.81. The second-order valence-corrected chi connectivity index (χ2v) is 8.38. The average molecular weight is 434 g/mol. The van der Waals surface area contributed by atoms with Crippen molar-refractivity contribution in [3.63, 3.8) is 0 Å². The molecule has 0 atom stereocenters. The van der Waals surface area contributed by atoms with Crippen LogP contribution in [0.3, 0.4) is 0 Å². The third-order valence-corrected chi connectivity index (χ3v) is 5.46. The van der Waals surface area contributed by atoms with E-state index in [1.165, 1.54) is 44.9 Å². The molecule has 1 aromatic rings. The molecule has 0 aliphatic carbocycles. The van der Waals surface area contributed by atoms with E-state index in [1.807, 2.05) is 24.3 Å². The molecule has 0 aromatic heterocycles. The van der Waals surface area contributed by atoms with Gasteiger partial charge in [0.15, 0.2) is 0 Å². The van der Waals surface area contributed by atoms with Crippen molar-refractivity contribution in [1.29, 1.82) is 0 Å². The Labute approximate surface area is 189 Å². The maximum Gasteiger partial charge on any atom is 0.303 e. The van der Waals surface area contributed by atoms with Crippen molar-refractivity contribution in [2.45, 2.75) is 110 Å². The third kappa shape index (κ3) is 15.4. The van der Waals surface area contributed by atoms with Crippen molar-refractivity contribution >= 4 is 17.6 Å². The number of anilines is 1. The molecule has 0 saturated heterocycles. The van der Waals surface area contributed by atoms with Crippen molar-refractivity contribution < 1.29 is 19.4 Å². The maximum absolute atomic E-state index is 12.2. The van der Waals surface area contributed by atoms with Crippen LogP contribution in [0.25, 0.3) is 0 Å². The summed E-state index contributed by atoms with van der Waals surface area (Å²) >= 11 is 0. The van der Waals surface area contributed by atoms with Gasteiger partial charge in [-0.15, -0.1) is 0 Å². The van der Waals surface area contributed by atoms with Crippen molar-refractivity contribution in [1.82, 2.24) is 0 Å². The van der Waals surface area contributed by atoms with Crippen LogP contribution in [-0.4, -0.2) is 23.6 Å². The van der Waals surface area contributed by atoms with Gasteiger partial charge >= 0.3 is 5.97 Å². The van der Waals surface area contributed by atoms with E-state index in [2.05, 4.69) is 12.2 Å². The molecule has 1 aromatic carbocycles. The highest BCUT2D eigenvalue weighted by Gasteiger charge is 2.07. The Kier molecular flexibility index (Phi) is 16.3. The van der Waals surface area contributed by atoms with Gasteiger partial charge in [0.05, 0.1) is 12.3 Å². The minimum absolute atomic E-state index is 0.0647. The number of nitrogens with one attached hydrogen (secondary N) is 1. The molecule has 0 saturated carbocycles. The predicted molar refractivity (Wildman–Crippen MR) is 128 cm³/mol. The molecule has 2 N–H and O–H groups in total. The molecular weight excluding hydrogens is 390 g/mol. The molecule has 176 valence electrons. The lowest BCUT2D eigenvalue weighted by Gasteiger charge is -2.12. The molecule has 1 rings (SSSR count). The molecule has 0 bridgehead atoms. The van der Waals surface area contributed by atoms with E-state index >= 15 is 0 Å². The Hall–Kier alpha value is -2.04. The van der Waals surface area contributed by atoms with Crippen molar-refractivity contribution in [3.05, 3.63) is 24.3 Å². The van der Waals surface area contributed by atoms with Gasteiger partial charge in [-0.05, 0) is 31.4 Å². The fourth-order valence-corrected chi connectivity index (χ4v) is 3.56. The minimum atomic E-state index is -0.682. The first-order chi connectivity index (χ1) is 15.1. The lowest BCUT2D eigenvalue weighted by Crippen LogP contribution is -2.12. The van der Waals surface area contributed by atoms with Crippen LogP contribution >= 0.6 is 0 Å². The maximum atomic E-state index is 12.2. The number of ether oxygens (including phenoxy) is 1. The quantitative estimate of drug-likeness (QED) is 0.211. The summed E-state index contributed by atoms with van der Waals surface area (Å²) in [5.41, 5.74) is 0.769. The molecule has 0 aliphatic rings. The largest absolute Gasteiger partial charge is 0.491 e. The molecule has 5 heteroatoms. The first kappa shape index (κ1) is 27.0. The number of para-hydroxylation sites is 2. The second-order valence-electron chi connectivity index (χ2n) is 8.38. The molecule has 31 heavy (non-hydrogen) atoms. The topological polar surface area (TPSA) is 75.6 Å². The van der Waals surface area contributed by atoms with Crippen LogP contribution in [-0.2, 0) is 9.59 Å². The smallest absolute Gasteiger partial charge is 0.303 e. The molecule has 0 heterocycles. The zero-order chi connectivity index (χ0) is 22.6. The van der Waals surface area contributed by atoms with Crippen molar-refractivity contribution in [2.75, 3.05) is 11.9 Å². The van der Waals surface area contributed by atoms with Gasteiger partial charge in [0.2, 0.25) is 5.91 Å². The van der Waals surface area contributed by atoms with Gasteiger partial charge in [-0.3, -0.25) is 9.59 Å². The number of rotatable bonds is 20. The van der Waals surface area contributed by atoms with Crippen LogP contribution in [0.4, 0.5) is 5.69 Å². The van der Waals surface area contributed by atoms with Gasteiger partial charge < -0.3 is 15.2 Å². The van der Waals surface area contributed by atoms with Crippen LogP contribution in [0.1, 0.15) is 110 Å². The molecule has 0 spiro atoms. The number of carboxylic acids is 1. The summed E-state index contributed by atoms with van der Waals surface area (Å²) in [6, 6.07) is 7.65. The second kappa shape index (κ2) is 18.7. The van der Waals surface area contributed by atoms with Gasteiger partial charge in [-0.1, -0.05) is 89.7 Å². The Bertz CT molecular complexity index is 603. The lowest BCUT2D eigenvalue weighted by atomic mass is 10.0. The summed E-state index contributed by atoms with van der Waals surface area (Å²) in [5, 5.41) is 11.6. The van der Waals surface area contributed by atoms with Gasteiger partial charge in [0.1, 0.15) is 5.75 Å². The fraction of sp³-hybridized carbons (Fsp3) is 0.692. The minimum Gasteiger partial charge on any atom is -0.491 e. The van der Waals surface area contributed by atoms with Crippen LogP contribution < -0.4 is 10.1 Å². The Morgan fingerprint density at radius 3 is 1.84 bits per heavy atom. The van der Waals surface area contributed by atoms with E-state index in [0.29, 0.717) is 19.4 Å². The number of carbonyl (C=O) groups excluding carboxylic acids is 1. The van der Waals surface area contributed by atoms with Crippen molar-refractivity contribution in [2.24, 2.45) is 0 Å². The Morgan fingerprint density at radius 1 is 0.774 bits per heavy atom. The van der Waals surface area contributed by atoms with Crippen molar-refractivity contribution in [3.8, 4) is 5.75 Å². The van der Waals surface area contributed by atoms with E-state index < -0.39 is 5.97 Å². The number of aliphatic carboxylic acids is 1. The number of hydrogen-bond acceptors (Lipinski definition) is 3. The highest BCUT2D eigenvalue weighted by molar-refractivity contribution is 5.92. The molecule has 0 unspecified atom stereocenters. The SMILES string of the molecule is CCCCOc1ccccc1NC(=O)CCCCCCCCCCCCCCC(=O)O. The van der Waals surface area contributed by atoms with E-state index in [9.17, 15) is 9.59 Å². The summed E-state index contributed by atoms with van der Waals surface area (Å²) in [7, 11) is 0. The molecule has 1 amide bonds. The fourth-order valence-electron chi connectivity index (χ4n) is 3.56. The van der Waals surface area contributed by atoms with E-state index in [0.717, 1.165) is 56.4 Å². The molecule has 5 nitrogen and oxygen atoms in total. The zero-order valence-corrected chi connectivity index (χ0v) is 19.5. The number of hydrogen-bond donors (Lipinski definition) is 2. The average Bonchev–Trinajstić information content (AvgIpc) is 2.75. The standard InChI is InChI=1S/C26H43NO4/c1-2-3-22-31-24-19-17-16-18-23(24)27-25(28)20-14-12-10-8-6-4-5-7-9-11-13-15-21-26(29)30/h16-19H,2-15,20-22H2,1H3,(H,27,28)(H,29,30). The number of amides is 1. The zero-order valence-electron chi connectivity index (χ0n) is 19.5. The van der Waals surface area contributed by atoms with Crippen LogP contribution in [0.15, 0.2) is 24.3 Å². The highest BCUT2D eigenvalue weighted by Crippen LogP contribution is 2.24. The Balaban J connectivity index is 1.97. The number of carboxylic acid groups (broad SMARTS) is 1. The summed E-state index contributed by atoms with van der Waals surface area (Å²) in [4.78, 5) is 22.7. The molecule has 0 radical (unpaired) electrons. The number of benzene rings is 1. The summed E-state index contributed by atoms with van der Waals surface area (Å²) in [6.07, 6.45) is 16.8. The van der Waals surface area contributed by atoms with Gasteiger partial charge in [0, 0.05) is 12.8 Å². The summed E-state index contributed by atoms with van der Waals surface area (Å²) < 4.78 is 5.77. The van der Waals surface area contributed by atoms with E-state index in [-0.39, 0.29) is 5.91 Å². The van der Waals surface area contributed by atoms with Crippen LogP contribution in [0, 0.1) is 0 Å². The molecular formula is C26H43NO4. The molecule has 0 fully saturated rings. The first-order valence-electron chi connectivity index (χ1n) is 12.4. The summed E-state index contributed by atoms with van der Waals surface area (Å²) in [5.74, 6) is 0.137. The van der Waals surface area contributed by atoms with Gasteiger partial charge in [-0.2, -0.15) is 0 Å². The van der Waals surface area contributed by atoms with E-state index in [4.69, 9.17) is 9.84 Å². The highest BCUT2D eigenvalue weighted by atomic mass is 16.5. The van der Waals surface area contributed by atoms with E-state index in [1.54, 1.807) is 0 Å². The predicted octanol–water partition coefficient (Wildman–Crippen LogP) is 7.35. The van der Waals surface area contributed by atoms with Crippen LogP contribution in [0.5, 0.6) is 5.75 Å². The third-order valence-electron chi connectivity index (χ3n) is 5.46. The number of carbonyl (C=O) groups is 2. The normalized spacial score (nSPS) is 10.7. The lowest BCUT2D eigenvalue weighted by molar-refractivity contribution is -0.137. The van der Waals surface area contributed by atoms with Gasteiger partial charge in [0.25, 0.3) is 0 Å². The number of unbranched alkanes of at least 4 members (excludes halogenated alkanes) is 12. The Morgan fingerprint density at radius 2 is 1.29 bits per heavy atom. The first-order valence-corrected chi connectivity index (χ1v) is 12.4. The monoisotopic (exact) mass is 433 g/mol. The van der Waals surface area contributed by atoms with Gasteiger partial charge in [-0.25, -0.2) is 0 Å². The molecule has 0 aliphatic heterocycles. The van der Waals surface area contributed by atoms with Crippen LogP contribution in [0.2, 0.25) is 0 Å².